The average Bonchev–Trinajstić information content (AvgIpc) is 2.62. The Kier molecular flexibility index (Phi) is 3.00. The highest BCUT2D eigenvalue weighted by Crippen LogP contribution is 2.19. The standard InChI is InChI=1S/C9H12BrN4O3/c1-12-6-5(7(16)13(2)9(12)17)14(3-4-15)8(10)11-6/h5,15H,3-4H2,1-2H3/q+1. The van der Waals surface area contributed by atoms with Crippen LogP contribution < -0.4 is 0 Å². The van der Waals surface area contributed by atoms with Gasteiger partial charge in [0.15, 0.2) is 0 Å². The van der Waals surface area contributed by atoms with Crippen molar-refractivity contribution in [3.8, 4) is 0 Å². The van der Waals surface area contributed by atoms with Crippen LogP contribution in [0.5, 0.6) is 0 Å². The molecule has 2 aliphatic rings. The molecule has 0 spiro atoms. The number of halogens is 1. The summed E-state index contributed by atoms with van der Waals surface area (Å²) in [4.78, 5) is 30.3. The van der Waals surface area contributed by atoms with E-state index in [2.05, 4.69) is 20.9 Å². The van der Waals surface area contributed by atoms with Crippen LogP contribution in [0.3, 0.4) is 0 Å². The Bertz CT molecular complexity index is 459. The molecule has 0 aromatic carbocycles. The van der Waals surface area contributed by atoms with Crippen molar-refractivity contribution >= 4 is 38.4 Å². The third kappa shape index (κ3) is 1.67. The van der Waals surface area contributed by atoms with Gasteiger partial charge in [-0.2, -0.15) is 0 Å². The lowest BCUT2D eigenvalue weighted by Gasteiger charge is -2.30. The van der Waals surface area contributed by atoms with Gasteiger partial charge in [0.1, 0.15) is 6.54 Å². The Morgan fingerprint density at radius 2 is 2.06 bits per heavy atom. The van der Waals surface area contributed by atoms with E-state index in [-0.39, 0.29) is 19.1 Å². The van der Waals surface area contributed by atoms with Crippen molar-refractivity contribution in [2.24, 2.45) is 4.99 Å². The number of aliphatic hydroxyl groups is 1. The lowest BCUT2D eigenvalue weighted by atomic mass is 10.1. The summed E-state index contributed by atoms with van der Waals surface area (Å²) in [6.07, 6.45) is 0. The van der Waals surface area contributed by atoms with E-state index in [9.17, 15) is 9.59 Å². The van der Waals surface area contributed by atoms with Crippen LogP contribution in [0.15, 0.2) is 4.99 Å². The molecule has 2 aliphatic heterocycles. The Morgan fingerprint density at radius 3 is 2.65 bits per heavy atom. The zero-order valence-corrected chi connectivity index (χ0v) is 11.0. The molecule has 1 saturated heterocycles. The minimum atomic E-state index is -0.635. The monoisotopic (exact) mass is 303 g/mol. The van der Waals surface area contributed by atoms with E-state index < -0.39 is 12.1 Å². The molecular weight excluding hydrogens is 292 g/mol. The van der Waals surface area contributed by atoms with Gasteiger partial charge in [0.05, 0.1) is 22.5 Å². The van der Waals surface area contributed by atoms with Gasteiger partial charge in [0, 0.05) is 14.1 Å². The van der Waals surface area contributed by atoms with E-state index in [4.69, 9.17) is 5.11 Å². The first-order valence-electron chi connectivity index (χ1n) is 5.02. The summed E-state index contributed by atoms with van der Waals surface area (Å²) >= 11 is 3.23. The average molecular weight is 304 g/mol. The minimum Gasteiger partial charge on any atom is -0.392 e. The molecule has 1 N–H and O–H groups in total. The fraction of sp³-hybridized carbons (Fsp3) is 0.556. The van der Waals surface area contributed by atoms with Gasteiger partial charge in [0.2, 0.25) is 0 Å². The second kappa shape index (κ2) is 4.19. The second-order valence-electron chi connectivity index (χ2n) is 3.80. The van der Waals surface area contributed by atoms with Crippen LogP contribution in [0, 0.1) is 0 Å². The van der Waals surface area contributed by atoms with E-state index in [1.165, 1.54) is 11.9 Å². The molecular formula is C9H12BrN4O3+. The summed E-state index contributed by atoms with van der Waals surface area (Å²) in [6, 6.07) is -1.04. The van der Waals surface area contributed by atoms with Crippen molar-refractivity contribution in [3.05, 3.63) is 0 Å². The van der Waals surface area contributed by atoms with Crippen LogP contribution >= 0.6 is 15.9 Å². The number of β-amino-alcohol motifs (C(OH)–C–C–N with tert-alkyl or cyclic N) is 1. The molecule has 0 saturated carbocycles. The van der Waals surface area contributed by atoms with Crippen LogP contribution in [-0.2, 0) is 4.79 Å². The van der Waals surface area contributed by atoms with Gasteiger partial charge in [-0.1, -0.05) is 0 Å². The quantitative estimate of drug-likeness (QED) is 0.528. The van der Waals surface area contributed by atoms with Crippen molar-refractivity contribution in [1.82, 2.24) is 9.80 Å². The number of aliphatic imine (C=N–C) groups is 1. The highest BCUT2D eigenvalue weighted by atomic mass is 79.9. The van der Waals surface area contributed by atoms with E-state index in [1.807, 2.05) is 0 Å². The molecule has 0 bridgehead atoms. The van der Waals surface area contributed by atoms with Crippen LogP contribution in [0.1, 0.15) is 0 Å². The Labute approximate surface area is 106 Å². The first kappa shape index (κ1) is 12.2. The molecule has 1 atom stereocenters. The number of hydrogen-bond acceptors (Lipinski definition) is 4. The molecule has 0 aromatic rings. The predicted octanol–water partition coefficient (Wildman–Crippen LogP) is -0.953. The summed E-state index contributed by atoms with van der Waals surface area (Å²) in [5.74, 6) is 0.0492. The molecule has 0 aromatic heterocycles. The molecule has 17 heavy (non-hydrogen) atoms. The molecule has 2 rings (SSSR count). The predicted molar refractivity (Wildman–Crippen MR) is 63.3 cm³/mol. The number of imide groups is 1. The molecule has 3 amide bonds. The Hall–Kier alpha value is -1.28. The maximum atomic E-state index is 12.0. The highest BCUT2D eigenvalue weighted by molar-refractivity contribution is 9.18. The molecule has 8 heteroatoms. The summed E-state index contributed by atoms with van der Waals surface area (Å²) in [5.41, 5.74) is 0. The molecule has 2 heterocycles. The van der Waals surface area contributed by atoms with Gasteiger partial charge < -0.3 is 5.11 Å². The first-order valence-corrected chi connectivity index (χ1v) is 5.82. The third-order valence-corrected chi connectivity index (χ3v) is 3.46. The van der Waals surface area contributed by atoms with Gasteiger partial charge in [-0.15, -0.1) is 0 Å². The largest absolute Gasteiger partial charge is 0.392 e. The van der Waals surface area contributed by atoms with Crippen LogP contribution in [0.4, 0.5) is 4.79 Å². The Balaban J connectivity index is 2.42. The van der Waals surface area contributed by atoms with Crippen LogP contribution in [0.25, 0.3) is 0 Å². The zero-order valence-electron chi connectivity index (χ0n) is 9.42. The van der Waals surface area contributed by atoms with E-state index in [1.54, 1.807) is 11.6 Å². The minimum absolute atomic E-state index is 0.0942. The first-order chi connectivity index (χ1) is 7.99. The molecule has 1 fully saturated rings. The molecule has 0 aliphatic carbocycles. The lowest BCUT2D eigenvalue weighted by molar-refractivity contribution is -0.534. The number of amides is 3. The van der Waals surface area contributed by atoms with Crippen LogP contribution in [0.2, 0.25) is 0 Å². The zero-order chi connectivity index (χ0) is 12.7. The third-order valence-electron chi connectivity index (χ3n) is 2.82. The van der Waals surface area contributed by atoms with Gasteiger partial charge in [-0.3, -0.25) is 14.6 Å². The normalized spacial score (nSPS) is 24.5. The fourth-order valence-corrected chi connectivity index (χ4v) is 2.46. The number of likely N-dealkylation sites (N-methyl/N-ethyl adjacent to an activating group) is 2. The van der Waals surface area contributed by atoms with Gasteiger partial charge >= 0.3 is 10.8 Å². The van der Waals surface area contributed by atoms with Crippen LogP contribution in [-0.4, -0.2) is 75.3 Å². The number of hydrogen-bond donors (Lipinski definition) is 1. The number of nitrogens with zero attached hydrogens (tertiary/aromatic N) is 4. The van der Waals surface area contributed by atoms with Crippen molar-refractivity contribution in [2.45, 2.75) is 6.04 Å². The number of carbonyl (C=O) groups excluding carboxylic acids is 2. The van der Waals surface area contributed by atoms with Gasteiger partial charge in [-0.25, -0.2) is 9.37 Å². The SMILES string of the molecule is CN1C(=O)C2C(=NC(Br)=[N+]2CCO)N(C)C1=O. The summed E-state index contributed by atoms with van der Waals surface area (Å²) < 4.78 is 2.08. The number of amidine groups is 2. The Morgan fingerprint density at radius 1 is 1.41 bits per heavy atom. The second-order valence-corrected chi connectivity index (χ2v) is 4.51. The summed E-state index contributed by atoms with van der Waals surface area (Å²) in [5, 5.41) is 8.97. The number of fused-ring (bicyclic) bond motifs is 1. The number of rotatable bonds is 2. The smallest absolute Gasteiger partial charge is 0.364 e. The molecule has 92 valence electrons. The van der Waals surface area contributed by atoms with E-state index in [0.29, 0.717) is 10.6 Å². The maximum absolute atomic E-state index is 12.0. The maximum Gasteiger partial charge on any atom is 0.364 e. The molecule has 1 unspecified atom stereocenters. The summed E-state index contributed by atoms with van der Waals surface area (Å²) in [7, 11) is 3.00. The lowest BCUT2D eigenvalue weighted by Crippen LogP contribution is -2.61. The number of urea groups is 1. The van der Waals surface area contributed by atoms with E-state index in [0.717, 1.165) is 4.90 Å². The molecule has 0 radical (unpaired) electrons. The van der Waals surface area contributed by atoms with Crippen molar-refractivity contribution in [3.63, 3.8) is 0 Å². The highest BCUT2D eigenvalue weighted by Gasteiger charge is 2.52. The van der Waals surface area contributed by atoms with Crippen molar-refractivity contribution in [1.29, 1.82) is 0 Å². The van der Waals surface area contributed by atoms with Crippen molar-refractivity contribution < 1.29 is 19.3 Å². The molecule has 7 nitrogen and oxygen atoms in total. The van der Waals surface area contributed by atoms with Crippen molar-refractivity contribution in [2.75, 3.05) is 27.2 Å². The topological polar surface area (TPSA) is 76.2 Å². The summed E-state index contributed by atoms with van der Waals surface area (Å²) in [6.45, 7) is 0.183. The number of aliphatic hydroxyl groups excluding tert-OH is 1. The fourth-order valence-electron chi connectivity index (χ4n) is 1.90. The van der Waals surface area contributed by atoms with Gasteiger partial charge in [-0.05, 0) is 4.99 Å². The van der Waals surface area contributed by atoms with E-state index >= 15 is 0 Å². The van der Waals surface area contributed by atoms with Gasteiger partial charge in [0.25, 0.3) is 17.8 Å². The number of carbonyl (C=O) groups is 2.